The summed E-state index contributed by atoms with van der Waals surface area (Å²) >= 11 is 0. The number of carbonyl (C=O) groups is 2. The van der Waals surface area contributed by atoms with Gasteiger partial charge in [-0.2, -0.15) is 0 Å². The molecule has 2 amide bonds. The minimum Gasteiger partial charge on any atom is -0.410 e. The van der Waals surface area contributed by atoms with Gasteiger partial charge in [-0.15, -0.1) is 0 Å². The molecule has 0 aromatic heterocycles. The van der Waals surface area contributed by atoms with Crippen LogP contribution in [0.25, 0.3) is 0 Å². The standard InChI is InChI=1S/C19H27N3O3/c23-18(20-16-7-3-1-4-8-16)15-21-11-13-22(14-12-21)19(24)25-17-9-5-2-6-10-17/h2,5-6,9-10,16H,1,3-4,7-8,11-15H2,(H,20,23). The first kappa shape index (κ1) is 17.7. The van der Waals surface area contributed by atoms with Crippen LogP contribution in [0.5, 0.6) is 5.75 Å². The molecule has 6 nitrogen and oxygen atoms in total. The first-order valence-corrected chi connectivity index (χ1v) is 9.24. The van der Waals surface area contributed by atoms with Crippen LogP contribution < -0.4 is 10.1 Å². The maximum absolute atomic E-state index is 12.2. The molecule has 3 rings (SSSR count). The Morgan fingerprint density at radius 3 is 2.36 bits per heavy atom. The van der Waals surface area contributed by atoms with E-state index in [-0.39, 0.29) is 12.0 Å². The van der Waals surface area contributed by atoms with Crippen molar-refractivity contribution >= 4 is 12.0 Å². The van der Waals surface area contributed by atoms with Crippen molar-refractivity contribution in [2.75, 3.05) is 32.7 Å². The molecule has 1 saturated heterocycles. The SMILES string of the molecule is O=C(CN1CCN(C(=O)Oc2ccccc2)CC1)NC1CCCCC1. The summed E-state index contributed by atoms with van der Waals surface area (Å²) in [7, 11) is 0. The van der Waals surface area contributed by atoms with E-state index in [1.54, 1.807) is 17.0 Å². The molecule has 0 bridgehead atoms. The van der Waals surface area contributed by atoms with E-state index in [2.05, 4.69) is 10.2 Å². The van der Waals surface area contributed by atoms with Crippen molar-refractivity contribution in [1.29, 1.82) is 0 Å². The molecule has 1 aliphatic carbocycles. The van der Waals surface area contributed by atoms with Gasteiger partial charge in [0.1, 0.15) is 5.75 Å². The van der Waals surface area contributed by atoms with Gasteiger partial charge in [-0.05, 0) is 25.0 Å². The lowest BCUT2D eigenvalue weighted by Crippen LogP contribution is -2.52. The van der Waals surface area contributed by atoms with Crippen LogP contribution in [0.3, 0.4) is 0 Å². The summed E-state index contributed by atoms with van der Waals surface area (Å²) < 4.78 is 5.36. The molecule has 1 N–H and O–H groups in total. The molecule has 0 atom stereocenters. The van der Waals surface area contributed by atoms with E-state index < -0.39 is 0 Å². The van der Waals surface area contributed by atoms with E-state index in [9.17, 15) is 9.59 Å². The second-order valence-corrected chi connectivity index (χ2v) is 6.85. The molecule has 0 spiro atoms. The predicted molar refractivity (Wildman–Crippen MR) is 95.5 cm³/mol. The Kier molecular flexibility index (Phi) is 6.28. The summed E-state index contributed by atoms with van der Waals surface area (Å²) in [5.41, 5.74) is 0. The highest BCUT2D eigenvalue weighted by Gasteiger charge is 2.24. The molecule has 1 aromatic carbocycles. The van der Waals surface area contributed by atoms with Gasteiger partial charge in [0.05, 0.1) is 6.54 Å². The number of rotatable bonds is 4. The van der Waals surface area contributed by atoms with Crippen LogP contribution in [0.15, 0.2) is 30.3 Å². The van der Waals surface area contributed by atoms with E-state index in [1.165, 1.54) is 19.3 Å². The first-order valence-electron chi connectivity index (χ1n) is 9.24. The maximum Gasteiger partial charge on any atom is 0.415 e. The van der Waals surface area contributed by atoms with Crippen molar-refractivity contribution in [3.05, 3.63) is 30.3 Å². The minimum atomic E-state index is -0.322. The zero-order chi connectivity index (χ0) is 17.5. The van der Waals surface area contributed by atoms with Crippen LogP contribution >= 0.6 is 0 Å². The smallest absolute Gasteiger partial charge is 0.410 e. The highest BCUT2D eigenvalue weighted by Crippen LogP contribution is 2.17. The lowest BCUT2D eigenvalue weighted by atomic mass is 9.95. The van der Waals surface area contributed by atoms with E-state index >= 15 is 0 Å². The molecule has 2 aliphatic rings. The Bertz CT molecular complexity index is 565. The molecule has 136 valence electrons. The summed E-state index contributed by atoms with van der Waals surface area (Å²) in [4.78, 5) is 28.1. The van der Waals surface area contributed by atoms with Crippen molar-refractivity contribution in [2.24, 2.45) is 0 Å². The normalized spacial score (nSPS) is 19.4. The molecule has 25 heavy (non-hydrogen) atoms. The van der Waals surface area contributed by atoms with Crippen molar-refractivity contribution in [3.8, 4) is 5.75 Å². The molecular formula is C19H27N3O3. The quantitative estimate of drug-likeness (QED) is 0.909. The Labute approximate surface area is 149 Å². The van der Waals surface area contributed by atoms with Crippen molar-refractivity contribution in [3.63, 3.8) is 0 Å². The Morgan fingerprint density at radius 1 is 1.00 bits per heavy atom. The van der Waals surface area contributed by atoms with Crippen molar-refractivity contribution < 1.29 is 14.3 Å². The van der Waals surface area contributed by atoms with E-state index in [0.29, 0.717) is 44.5 Å². The van der Waals surface area contributed by atoms with E-state index in [1.807, 2.05) is 18.2 Å². The largest absolute Gasteiger partial charge is 0.415 e. The molecule has 1 aromatic rings. The Balaban J connectivity index is 1.37. The van der Waals surface area contributed by atoms with Gasteiger partial charge in [0.15, 0.2) is 0 Å². The molecule has 2 fully saturated rings. The van der Waals surface area contributed by atoms with Gasteiger partial charge in [0, 0.05) is 32.2 Å². The molecule has 0 radical (unpaired) electrons. The van der Waals surface area contributed by atoms with E-state index in [0.717, 1.165) is 12.8 Å². The third-order valence-electron chi connectivity index (χ3n) is 4.92. The lowest BCUT2D eigenvalue weighted by Gasteiger charge is -2.34. The van der Waals surface area contributed by atoms with Crippen LogP contribution in [0, 0.1) is 0 Å². The number of para-hydroxylation sites is 1. The summed E-state index contributed by atoms with van der Waals surface area (Å²) in [6.07, 6.45) is 5.60. The Hall–Kier alpha value is -2.08. The minimum absolute atomic E-state index is 0.104. The number of carbonyl (C=O) groups excluding carboxylic acids is 2. The number of hydrogen-bond acceptors (Lipinski definition) is 4. The van der Waals surface area contributed by atoms with Gasteiger partial charge in [-0.3, -0.25) is 9.69 Å². The Morgan fingerprint density at radius 2 is 1.68 bits per heavy atom. The van der Waals surface area contributed by atoms with Gasteiger partial charge in [-0.25, -0.2) is 4.79 Å². The van der Waals surface area contributed by atoms with Gasteiger partial charge in [0.2, 0.25) is 5.91 Å². The monoisotopic (exact) mass is 345 g/mol. The molecule has 0 unspecified atom stereocenters. The van der Waals surface area contributed by atoms with Crippen LogP contribution in [-0.2, 0) is 4.79 Å². The van der Waals surface area contributed by atoms with Gasteiger partial charge >= 0.3 is 6.09 Å². The van der Waals surface area contributed by atoms with Crippen LogP contribution in [-0.4, -0.2) is 60.6 Å². The number of amides is 2. The average molecular weight is 345 g/mol. The lowest BCUT2D eigenvalue weighted by molar-refractivity contribution is -0.123. The summed E-state index contributed by atoms with van der Waals surface area (Å²) in [6.45, 7) is 2.98. The fourth-order valence-corrected chi connectivity index (χ4v) is 3.47. The highest BCUT2D eigenvalue weighted by atomic mass is 16.6. The maximum atomic E-state index is 12.2. The third kappa shape index (κ3) is 5.46. The van der Waals surface area contributed by atoms with Crippen molar-refractivity contribution in [2.45, 2.75) is 38.1 Å². The third-order valence-corrected chi connectivity index (χ3v) is 4.92. The molecule has 6 heteroatoms. The number of hydrogen-bond donors (Lipinski definition) is 1. The molecule has 1 saturated carbocycles. The number of piperazine rings is 1. The zero-order valence-corrected chi connectivity index (χ0v) is 14.7. The zero-order valence-electron chi connectivity index (χ0n) is 14.7. The number of nitrogens with zero attached hydrogens (tertiary/aromatic N) is 2. The molecule has 1 heterocycles. The number of benzene rings is 1. The second kappa shape index (κ2) is 8.85. The average Bonchev–Trinajstić information content (AvgIpc) is 2.64. The second-order valence-electron chi connectivity index (χ2n) is 6.85. The van der Waals surface area contributed by atoms with Crippen molar-refractivity contribution in [1.82, 2.24) is 15.1 Å². The van der Waals surface area contributed by atoms with Crippen LogP contribution in [0.2, 0.25) is 0 Å². The fourth-order valence-electron chi connectivity index (χ4n) is 3.47. The topological polar surface area (TPSA) is 61.9 Å². The summed E-state index contributed by atoms with van der Waals surface area (Å²) in [5, 5.41) is 3.15. The summed E-state index contributed by atoms with van der Waals surface area (Å²) in [5.74, 6) is 0.661. The molecular weight excluding hydrogens is 318 g/mol. The first-order chi connectivity index (χ1) is 12.2. The van der Waals surface area contributed by atoms with E-state index in [4.69, 9.17) is 4.74 Å². The number of ether oxygens (including phenoxy) is 1. The summed E-state index contributed by atoms with van der Waals surface area (Å²) in [6, 6.07) is 9.45. The van der Waals surface area contributed by atoms with Crippen LogP contribution in [0.1, 0.15) is 32.1 Å². The number of nitrogens with one attached hydrogen (secondary N) is 1. The fraction of sp³-hybridized carbons (Fsp3) is 0.579. The highest BCUT2D eigenvalue weighted by molar-refractivity contribution is 5.78. The van der Waals surface area contributed by atoms with Gasteiger partial charge in [-0.1, -0.05) is 37.5 Å². The van der Waals surface area contributed by atoms with Gasteiger partial charge in [0.25, 0.3) is 0 Å². The van der Waals surface area contributed by atoms with Gasteiger partial charge < -0.3 is 15.0 Å². The van der Waals surface area contributed by atoms with Crippen LogP contribution in [0.4, 0.5) is 4.79 Å². The molecule has 1 aliphatic heterocycles. The predicted octanol–water partition coefficient (Wildman–Crippen LogP) is 2.25.